The van der Waals surface area contributed by atoms with Gasteiger partial charge in [-0.15, -0.1) is 17.3 Å². The molecule has 1 aliphatic heterocycles. The van der Waals surface area contributed by atoms with E-state index in [-0.39, 0.29) is 48.1 Å². The van der Waals surface area contributed by atoms with Gasteiger partial charge in [0.25, 0.3) is 0 Å². The topological polar surface area (TPSA) is 20.3 Å². The van der Waals surface area contributed by atoms with Crippen LogP contribution in [0.15, 0.2) is 18.2 Å². The fourth-order valence-corrected chi connectivity index (χ4v) is 2.72. The van der Waals surface area contributed by atoms with Gasteiger partial charge in [0, 0.05) is 39.3 Å². The van der Waals surface area contributed by atoms with Crippen LogP contribution in [-0.2, 0) is 37.5 Å². The monoisotopic (exact) mass is 467 g/mol. The maximum atomic E-state index is 13.9. The first-order valence-corrected chi connectivity index (χ1v) is 7.19. The molecule has 0 fully saturated rings. The molecule has 1 heterocycles. The second kappa shape index (κ2) is 7.48. The van der Waals surface area contributed by atoms with Crippen LogP contribution in [-0.4, -0.2) is 21.3 Å². The summed E-state index contributed by atoms with van der Waals surface area (Å²) in [4.78, 5) is 13.6. The maximum absolute atomic E-state index is 13.9. The van der Waals surface area contributed by atoms with Crippen molar-refractivity contribution in [2.45, 2.75) is 17.3 Å². The summed E-state index contributed by atoms with van der Waals surface area (Å²) in [6.07, 6.45) is 3.57. The van der Waals surface area contributed by atoms with Crippen LogP contribution in [0.4, 0.5) is 4.39 Å². The number of allylic oxidation sites excluding steroid dienone is 1. The number of rotatable bonds is 2. The van der Waals surface area contributed by atoms with Crippen LogP contribution >= 0.6 is 34.2 Å². The second-order valence-corrected chi connectivity index (χ2v) is 5.79. The van der Waals surface area contributed by atoms with Gasteiger partial charge in [0.2, 0.25) is 5.91 Å². The molecule has 1 unspecified atom stereocenters. The third-order valence-electron chi connectivity index (χ3n) is 2.77. The molecule has 6 heteroatoms. The summed E-state index contributed by atoms with van der Waals surface area (Å²) < 4.78 is 13.7. The third kappa shape index (κ3) is 3.57. The standard InChI is InChI=1S/C13H11ClFINO.Y/c1-2-17-11(7-6-10(16)13(17)18)12-8(14)4-3-5-9(12)15;/h3-5,10H,2,6H2,1H3;/q-1;. The van der Waals surface area contributed by atoms with Crippen molar-refractivity contribution < 1.29 is 41.9 Å². The van der Waals surface area contributed by atoms with Gasteiger partial charge in [-0.25, -0.2) is 10.5 Å². The molecule has 0 bridgehead atoms. The molecule has 0 aromatic heterocycles. The molecule has 99 valence electrons. The zero-order valence-electron chi connectivity index (χ0n) is 10.3. The van der Waals surface area contributed by atoms with Gasteiger partial charge in [0.15, 0.2) is 0 Å². The van der Waals surface area contributed by atoms with E-state index < -0.39 is 5.82 Å². The number of benzene rings is 1. The quantitative estimate of drug-likeness (QED) is 0.369. The van der Waals surface area contributed by atoms with Crippen molar-refractivity contribution in [1.82, 2.24) is 4.90 Å². The van der Waals surface area contributed by atoms with E-state index in [0.29, 0.717) is 23.7 Å². The van der Waals surface area contributed by atoms with Gasteiger partial charge >= 0.3 is 0 Å². The van der Waals surface area contributed by atoms with Crippen molar-refractivity contribution in [2.75, 3.05) is 6.54 Å². The maximum Gasteiger partial charge on any atom is 0.235 e. The predicted octanol–water partition coefficient (Wildman–Crippen LogP) is 3.68. The van der Waals surface area contributed by atoms with E-state index in [4.69, 9.17) is 11.6 Å². The van der Waals surface area contributed by atoms with Gasteiger partial charge in [-0.2, -0.15) is 0 Å². The van der Waals surface area contributed by atoms with Crippen molar-refractivity contribution in [3.63, 3.8) is 0 Å². The average Bonchev–Trinajstić information content (AvgIpc) is 2.33. The van der Waals surface area contributed by atoms with E-state index in [1.807, 2.05) is 6.92 Å². The fraction of sp³-hybridized carbons (Fsp3) is 0.308. The molecular weight excluding hydrogens is 456 g/mol. The summed E-state index contributed by atoms with van der Waals surface area (Å²) in [6.45, 7) is 2.33. The van der Waals surface area contributed by atoms with E-state index in [0.717, 1.165) is 0 Å². The molecule has 1 atom stereocenters. The summed E-state index contributed by atoms with van der Waals surface area (Å²) >= 11 is 8.10. The molecule has 1 amide bonds. The molecule has 0 spiro atoms. The third-order valence-corrected chi connectivity index (χ3v) is 4.06. The van der Waals surface area contributed by atoms with Crippen molar-refractivity contribution >= 4 is 45.8 Å². The van der Waals surface area contributed by atoms with Gasteiger partial charge in [-0.05, 0) is 18.0 Å². The van der Waals surface area contributed by atoms with Gasteiger partial charge in [0.1, 0.15) is 0 Å². The minimum absolute atomic E-state index is 0. The Morgan fingerprint density at radius 3 is 2.84 bits per heavy atom. The molecule has 19 heavy (non-hydrogen) atoms. The zero-order chi connectivity index (χ0) is 13.3. The van der Waals surface area contributed by atoms with E-state index in [1.54, 1.807) is 12.1 Å². The van der Waals surface area contributed by atoms with E-state index in [1.165, 1.54) is 11.0 Å². The van der Waals surface area contributed by atoms with E-state index in [2.05, 4.69) is 28.7 Å². The fourth-order valence-electron chi connectivity index (χ4n) is 1.91. The normalized spacial score (nSPS) is 18.9. The minimum atomic E-state index is -0.428. The van der Waals surface area contributed by atoms with Crippen LogP contribution in [0.1, 0.15) is 18.9 Å². The van der Waals surface area contributed by atoms with Crippen LogP contribution in [0.5, 0.6) is 0 Å². The smallest absolute Gasteiger partial charge is 0.235 e. The molecule has 2 rings (SSSR count). The minimum Gasteiger partial charge on any atom is -0.347 e. The molecule has 1 radical (unpaired) electrons. The Morgan fingerprint density at radius 1 is 1.58 bits per heavy atom. The first kappa shape index (κ1) is 17.5. The van der Waals surface area contributed by atoms with Gasteiger partial charge < -0.3 is 4.90 Å². The summed E-state index contributed by atoms with van der Waals surface area (Å²) in [6, 6.07) is 4.50. The number of hydrogen-bond donors (Lipinski definition) is 0. The first-order chi connectivity index (χ1) is 8.56. The van der Waals surface area contributed by atoms with Crippen LogP contribution in [0, 0.1) is 11.9 Å². The van der Waals surface area contributed by atoms with Crippen LogP contribution in [0.3, 0.4) is 0 Å². The number of alkyl halides is 1. The molecule has 0 N–H and O–H groups in total. The molecular formula is C13H11ClFINOY-. The molecule has 2 nitrogen and oxygen atoms in total. The Bertz CT molecular complexity index is 503. The Morgan fingerprint density at radius 2 is 2.26 bits per heavy atom. The van der Waals surface area contributed by atoms with Crippen molar-refractivity contribution in [3.8, 4) is 0 Å². The molecule has 0 saturated heterocycles. The Hall–Kier alpha value is 0.484. The van der Waals surface area contributed by atoms with Crippen LogP contribution in [0.25, 0.3) is 5.70 Å². The summed E-state index contributed by atoms with van der Waals surface area (Å²) in [5, 5.41) is 0.302. The number of nitrogens with zero attached hydrogens (tertiary/aromatic N) is 1. The second-order valence-electron chi connectivity index (χ2n) is 3.88. The molecule has 0 saturated carbocycles. The predicted molar refractivity (Wildman–Crippen MR) is 77.9 cm³/mol. The number of hydrogen-bond acceptors (Lipinski definition) is 1. The van der Waals surface area contributed by atoms with E-state index in [9.17, 15) is 9.18 Å². The molecule has 1 aliphatic rings. The molecule has 0 aliphatic carbocycles. The number of amides is 1. The summed E-state index contributed by atoms with van der Waals surface area (Å²) in [5.41, 5.74) is 0.719. The van der Waals surface area contributed by atoms with Crippen molar-refractivity contribution in [2.24, 2.45) is 0 Å². The Labute approximate surface area is 155 Å². The Kier molecular flexibility index (Phi) is 6.90. The molecule has 1 aromatic carbocycles. The average molecular weight is 467 g/mol. The molecule has 1 aromatic rings. The van der Waals surface area contributed by atoms with Gasteiger partial charge in [0.05, 0.1) is 9.74 Å². The van der Waals surface area contributed by atoms with Crippen molar-refractivity contribution in [3.05, 3.63) is 40.7 Å². The van der Waals surface area contributed by atoms with Gasteiger partial charge in [-0.3, -0.25) is 4.79 Å². The number of carbonyl (C=O) groups excluding carboxylic acids is 1. The largest absolute Gasteiger partial charge is 0.347 e. The first-order valence-electron chi connectivity index (χ1n) is 5.57. The summed E-state index contributed by atoms with van der Waals surface area (Å²) in [5.74, 6) is -0.450. The van der Waals surface area contributed by atoms with Crippen LogP contribution < -0.4 is 0 Å². The zero-order valence-corrected chi connectivity index (χ0v) is 16.0. The summed E-state index contributed by atoms with van der Waals surface area (Å²) in [7, 11) is 0. The van der Waals surface area contributed by atoms with Gasteiger partial charge in [-0.1, -0.05) is 46.7 Å². The van der Waals surface area contributed by atoms with Crippen molar-refractivity contribution in [1.29, 1.82) is 0 Å². The van der Waals surface area contributed by atoms with Crippen LogP contribution in [0.2, 0.25) is 5.02 Å². The Balaban J connectivity index is 0.00000180. The number of halogens is 3. The SMILES string of the molecule is CCN1C(=O)C(I)C[C-]=C1c1c(F)cccc1Cl.[Y]. The number of carbonyl (C=O) groups is 1. The van der Waals surface area contributed by atoms with E-state index >= 15 is 0 Å².